The molecule has 5 rings (SSSR count). The molecule has 1 atom stereocenters. The number of nitrogens with zero attached hydrogens (tertiary/aromatic N) is 2. The lowest BCUT2D eigenvalue weighted by Gasteiger charge is -2.38. The largest absolute Gasteiger partial charge is 0.427 e. The van der Waals surface area contributed by atoms with Crippen molar-refractivity contribution in [2.75, 3.05) is 13.2 Å². The van der Waals surface area contributed by atoms with Crippen LogP contribution in [0.2, 0.25) is 25.7 Å². The Labute approximate surface area is 228 Å². The van der Waals surface area contributed by atoms with E-state index in [1.165, 1.54) is 0 Å². The molecule has 0 bridgehead atoms. The Bertz CT molecular complexity index is 1510. The number of hydrogen-bond acceptors (Lipinski definition) is 7. The lowest BCUT2D eigenvalue weighted by Crippen LogP contribution is -2.51. The normalized spacial score (nSPS) is 18.0. The molecule has 208 valence electrons. The van der Waals surface area contributed by atoms with Crippen LogP contribution in [0.25, 0.3) is 20.5 Å². The van der Waals surface area contributed by atoms with Crippen molar-refractivity contribution in [3.8, 4) is 10.4 Å². The third-order valence-corrected chi connectivity index (χ3v) is 9.42. The lowest BCUT2D eigenvalue weighted by atomic mass is 9.92. The van der Waals surface area contributed by atoms with Gasteiger partial charge in [-0.05, 0) is 17.7 Å². The minimum Gasteiger partial charge on any atom is -0.423 e. The lowest BCUT2D eigenvalue weighted by molar-refractivity contribution is -0.316. The van der Waals surface area contributed by atoms with Crippen LogP contribution < -0.4 is 5.63 Å². The number of ether oxygens (including phenoxy) is 3. The van der Waals surface area contributed by atoms with Crippen molar-refractivity contribution >= 4 is 29.5 Å². The second-order valence-electron chi connectivity index (χ2n) is 10.8. The Morgan fingerprint density at radius 1 is 1.21 bits per heavy atom. The Kier molecular flexibility index (Phi) is 7.59. The summed E-state index contributed by atoms with van der Waals surface area (Å²) in [6.45, 7) is 6.48. The van der Waals surface area contributed by atoms with Crippen molar-refractivity contribution in [2.24, 2.45) is 0 Å². The summed E-state index contributed by atoms with van der Waals surface area (Å²) in [5.74, 6) is -0.550. The smallest absolute Gasteiger partial charge is 0.423 e. The number of alkyl halides is 3. The molecular formula is C27H29F3N2O5SSi. The molecule has 0 saturated carbocycles. The number of hydrogen-bond donors (Lipinski definition) is 0. The molecular weight excluding hydrogens is 549 g/mol. The van der Waals surface area contributed by atoms with Crippen molar-refractivity contribution in [2.45, 2.75) is 57.4 Å². The number of thiophene rings is 1. The highest BCUT2D eigenvalue weighted by Crippen LogP contribution is 2.48. The molecule has 0 N–H and O–H groups in total. The third kappa shape index (κ3) is 5.75. The minimum atomic E-state index is -4.89. The van der Waals surface area contributed by atoms with Crippen LogP contribution in [0.3, 0.4) is 0 Å². The Morgan fingerprint density at radius 3 is 2.69 bits per heavy atom. The van der Waals surface area contributed by atoms with Gasteiger partial charge in [-0.25, -0.2) is 9.48 Å². The minimum absolute atomic E-state index is 0.136. The van der Waals surface area contributed by atoms with Gasteiger partial charge in [0.1, 0.15) is 11.4 Å². The summed E-state index contributed by atoms with van der Waals surface area (Å²) in [5.41, 5.74) is -2.33. The zero-order chi connectivity index (χ0) is 27.8. The first-order valence-electron chi connectivity index (χ1n) is 12.5. The van der Waals surface area contributed by atoms with Gasteiger partial charge in [-0.3, -0.25) is 0 Å². The third-order valence-electron chi connectivity index (χ3n) is 6.55. The topological polar surface area (TPSA) is 75.7 Å². The first-order chi connectivity index (χ1) is 18.5. The molecule has 1 aromatic carbocycles. The van der Waals surface area contributed by atoms with Crippen LogP contribution in [0.5, 0.6) is 0 Å². The molecule has 4 aromatic rings. The van der Waals surface area contributed by atoms with Gasteiger partial charge < -0.3 is 18.6 Å². The van der Waals surface area contributed by atoms with Gasteiger partial charge in [0, 0.05) is 42.3 Å². The standard InChI is InChI=1S/C27H29F3N2O5SSi/c1-39(2,3)10-9-34-17-32-13-19(12-31-32)22-11-20-21-15-35-16-26(27(28,29)30,24(21)37-25(33)23(20)38-22)36-14-18-7-5-4-6-8-18/h4-8,11-13H,9-10,14-17H2,1-3H3. The van der Waals surface area contributed by atoms with Crippen LogP contribution in [-0.2, 0) is 39.8 Å². The maximum atomic E-state index is 14.6. The van der Waals surface area contributed by atoms with E-state index in [0.717, 1.165) is 22.9 Å². The van der Waals surface area contributed by atoms with Crippen LogP contribution in [0.15, 0.2) is 58.0 Å². The van der Waals surface area contributed by atoms with E-state index in [4.69, 9.17) is 18.6 Å². The summed E-state index contributed by atoms with van der Waals surface area (Å²) in [4.78, 5) is 13.7. The molecule has 7 nitrogen and oxygen atoms in total. The average Bonchev–Trinajstić information content (AvgIpc) is 3.53. The van der Waals surface area contributed by atoms with Crippen LogP contribution in [-0.4, -0.2) is 37.2 Å². The fraction of sp³-hybridized carbons (Fsp3) is 0.407. The van der Waals surface area contributed by atoms with E-state index in [2.05, 4.69) is 24.7 Å². The van der Waals surface area contributed by atoms with E-state index in [9.17, 15) is 18.0 Å². The van der Waals surface area contributed by atoms with Crippen molar-refractivity contribution in [3.05, 3.63) is 76.1 Å². The number of fused-ring (bicyclic) bond motifs is 3. The quantitative estimate of drug-likeness (QED) is 0.166. The molecule has 0 spiro atoms. The molecule has 1 aliphatic heterocycles. The van der Waals surface area contributed by atoms with Crippen molar-refractivity contribution < 1.29 is 31.8 Å². The Hall–Kier alpha value is -2.77. The summed E-state index contributed by atoms with van der Waals surface area (Å²) in [7, 11) is -1.21. The Morgan fingerprint density at radius 2 is 1.97 bits per heavy atom. The van der Waals surface area contributed by atoms with Gasteiger partial charge in [0.2, 0.25) is 5.60 Å². The van der Waals surface area contributed by atoms with Gasteiger partial charge >= 0.3 is 11.8 Å². The zero-order valence-corrected chi connectivity index (χ0v) is 23.7. The van der Waals surface area contributed by atoms with Gasteiger partial charge in [-0.1, -0.05) is 50.0 Å². The summed E-state index contributed by atoms with van der Waals surface area (Å²) in [6, 6.07) is 11.2. The molecule has 12 heteroatoms. The van der Waals surface area contributed by atoms with Gasteiger partial charge in [0.15, 0.2) is 5.76 Å². The van der Waals surface area contributed by atoms with Crippen LogP contribution in [0, 0.1) is 0 Å². The van der Waals surface area contributed by atoms with E-state index in [-0.39, 0.29) is 30.2 Å². The maximum Gasteiger partial charge on any atom is 0.427 e. The molecule has 0 saturated heterocycles. The molecule has 0 amide bonds. The second kappa shape index (κ2) is 10.7. The molecule has 4 heterocycles. The van der Waals surface area contributed by atoms with Gasteiger partial charge in [0.05, 0.1) is 26.0 Å². The first-order valence-corrected chi connectivity index (χ1v) is 17.0. The predicted molar refractivity (Wildman–Crippen MR) is 144 cm³/mol. The fourth-order valence-corrected chi connectivity index (χ4v) is 6.14. The van der Waals surface area contributed by atoms with Crippen LogP contribution in [0.1, 0.15) is 16.9 Å². The monoisotopic (exact) mass is 578 g/mol. The average molecular weight is 579 g/mol. The SMILES string of the molecule is C[Si](C)(C)CCOCn1cc(-c2cc3c4c(oc(=O)c3s2)C(OCc2ccccc2)(C(F)(F)F)COC4)cn1. The van der Waals surface area contributed by atoms with Crippen molar-refractivity contribution in [1.29, 1.82) is 0 Å². The van der Waals surface area contributed by atoms with E-state index in [0.29, 0.717) is 22.4 Å². The summed E-state index contributed by atoms with van der Waals surface area (Å²) in [6.07, 6.45) is -1.47. The Balaban J connectivity index is 1.46. The molecule has 0 fully saturated rings. The van der Waals surface area contributed by atoms with E-state index < -0.39 is 37.8 Å². The maximum absolute atomic E-state index is 14.6. The first kappa shape index (κ1) is 27.8. The van der Waals surface area contributed by atoms with Crippen molar-refractivity contribution in [3.63, 3.8) is 0 Å². The number of benzene rings is 1. The molecule has 1 aliphatic rings. The summed E-state index contributed by atoms with van der Waals surface area (Å²) >= 11 is 1.14. The number of halogens is 3. The van der Waals surface area contributed by atoms with E-state index in [1.54, 1.807) is 53.5 Å². The van der Waals surface area contributed by atoms with Crippen molar-refractivity contribution in [1.82, 2.24) is 9.78 Å². The van der Waals surface area contributed by atoms with E-state index >= 15 is 0 Å². The highest BCUT2D eigenvalue weighted by molar-refractivity contribution is 7.22. The van der Waals surface area contributed by atoms with E-state index in [1.807, 2.05) is 0 Å². The molecule has 39 heavy (non-hydrogen) atoms. The molecule has 1 unspecified atom stereocenters. The predicted octanol–water partition coefficient (Wildman–Crippen LogP) is 6.53. The number of rotatable bonds is 9. The summed E-state index contributed by atoms with van der Waals surface area (Å²) < 4.78 is 67.7. The zero-order valence-electron chi connectivity index (χ0n) is 21.8. The highest BCUT2D eigenvalue weighted by atomic mass is 32.1. The molecule has 3 aromatic heterocycles. The summed E-state index contributed by atoms with van der Waals surface area (Å²) in [5, 5.41) is 4.69. The highest BCUT2D eigenvalue weighted by Gasteiger charge is 2.62. The number of aromatic nitrogens is 2. The molecule has 0 radical (unpaired) electrons. The fourth-order valence-electron chi connectivity index (χ4n) is 4.34. The second-order valence-corrected chi connectivity index (χ2v) is 17.4. The van der Waals surface area contributed by atoms with Crippen LogP contribution in [0.4, 0.5) is 13.2 Å². The van der Waals surface area contributed by atoms with Gasteiger partial charge in [-0.15, -0.1) is 11.3 Å². The van der Waals surface area contributed by atoms with Gasteiger partial charge in [-0.2, -0.15) is 18.3 Å². The van der Waals surface area contributed by atoms with Gasteiger partial charge in [0.25, 0.3) is 0 Å². The van der Waals surface area contributed by atoms with Crippen LogP contribution >= 0.6 is 11.3 Å². The molecule has 0 aliphatic carbocycles.